The van der Waals surface area contributed by atoms with Gasteiger partial charge < -0.3 is 0 Å². The minimum absolute atomic E-state index is 0.00249. The van der Waals surface area contributed by atoms with Gasteiger partial charge in [0.1, 0.15) is 16.5 Å². The van der Waals surface area contributed by atoms with Gasteiger partial charge in [-0.1, -0.05) is 6.07 Å². The van der Waals surface area contributed by atoms with Crippen molar-refractivity contribution in [3.63, 3.8) is 0 Å². The fourth-order valence-electron chi connectivity index (χ4n) is 3.83. The Morgan fingerprint density at radius 1 is 1.09 bits per heavy atom. The van der Waals surface area contributed by atoms with E-state index in [0.29, 0.717) is 24.6 Å². The van der Waals surface area contributed by atoms with Crippen LogP contribution in [-0.4, -0.2) is 35.6 Å². The SMILES string of the molecule is O=C(c1ccc2c(c1)S(=O)(=O)N(C1CC1)C2=O)N(Cc1ccccn1)c1ccc(F)cc1F. The minimum Gasteiger partial charge on any atom is -0.299 e. The quantitative estimate of drug-likeness (QED) is 0.571. The summed E-state index contributed by atoms with van der Waals surface area (Å²) in [5, 5.41) is 0. The maximum Gasteiger partial charge on any atom is 0.269 e. The summed E-state index contributed by atoms with van der Waals surface area (Å²) in [5.74, 6) is -3.09. The third kappa shape index (κ3) is 3.66. The lowest BCUT2D eigenvalue weighted by Crippen LogP contribution is -2.32. The fraction of sp³-hybridized carbons (Fsp3) is 0.174. The number of hydrogen-bond donors (Lipinski definition) is 0. The van der Waals surface area contributed by atoms with E-state index < -0.39 is 33.5 Å². The number of carbonyl (C=O) groups is 2. The van der Waals surface area contributed by atoms with Crippen molar-refractivity contribution in [1.29, 1.82) is 0 Å². The Bertz CT molecular complexity index is 1390. The average molecular weight is 469 g/mol. The van der Waals surface area contributed by atoms with E-state index in [4.69, 9.17) is 0 Å². The van der Waals surface area contributed by atoms with Gasteiger partial charge in [-0.2, -0.15) is 0 Å². The zero-order valence-corrected chi connectivity index (χ0v) is 17.9. The molecule has 168 valence electrons. The van der Waals surface area contributed by atoms with Crippen LogP contribution in [-0.2, 0) is 16.6 Å². The molecule has 1 saturated carbocycles. The predicted molar refractivity (Wildman–Crippen MR) is 114 cm³/mol. The number of pyridine rings is 1. The molecule has 0 unspecified atom stereocenters. The van der Waals surface area contributed by atoms with Crippen LogP contribution in [0, 0.1) is 11.6 Å². The summed E-state index contributed by atoms with van der Waals surface area (Å²) in [6.45, 7) is -0.140. The molecular formula is C23H17F2N3O4S. The first-order valence-electron chi connectivity index (χ1n) is 10.2. The minimum atomic E-state index is -4.07. The summed E-state index contributed by atoms with van der Waals surface area (Å²) in [7, 11) is -4.07. The van der Waals surface area contributed by atoms with Gasteiger partial charge in [0.2, 0.25) is 0 Å². The Labute approximate surface area is 188 Å². The van der Waals surface area contributed by atoms with Crippen LogP contribution in [0.2, 0.25) is 0 Å². The van der Waals surface area contributed by atoms with Crippen LogP contribution >= 0.6 is 0 Å². The van der Waals surface area contributed by atoms with Gasteiger partial charge in [-0.05, 0) is 55.3 Å². The van der Waals surface area contributed by atoms with Crippen LogP contribution in [0.15, 0.2) is 65.7 Å². The predicted octanol–water partition coefficient (Wildman–Crippen LogP) is 3.51. The second kappa shape index (κ2) is 7.73. The molecule has 0 radical (unpaired) electrons. The van der Waals surface area contributed by atoms with E-state index in [0.717, 1.165) is 27.4 Å². The lowest BCUT2D eigenvalue weighted by Gasteiger charge is -2.23. The molecule has 2 amide bonds. The van der Waals surface area contributed by atoms with E-state index >= 15 is 0 Å². The number of anilines is 1. The number of amides is 2. The number of benzene rings is 2. The number of sulfonamides is 1. The van der Waals surface area contributed by atoms with Gasteiger partial charge in [0.05, 0.1) is 23.5 Å². The van der Waals surface area contributed by atoms with E-state index in [1.807, 2.05) is 0 Å². The lowest BCUT2D eigenvalue weighted by atomic mass is 10.1. The molecule has 2 heterocycles. The van der Waals surface area contributed by atoms with Crippen LogP contribution < -0.4 is 4.90 Å². The van der Waals surface area contributed by atoms with Gasteiger partial charge >= 0.3 is 0 Å². The number of nitrogens with zero attached hydrogens (tertiary/aromatic N) is 3. The lowest BCUT2D eigenvalue weighted by molar-refractivity contribution is 0.0864. The Balaban J connectivity index is 1.57. The highest BCUT2D eigenvalue weighted by Gasteiger charge is 2.49. The maximum atomic E-state index is 14.6. The van der Waals surface area contributed by atoms with Crippen LogP contribution in [0.25, 0.3) is 0 Å². The standard InChI is InChI=1S/C23H17F2N3O4S/c24-15-5-9-20(19(25)12-15)27(13-16-3-1-2-10-26-16)22(29)14-4-8-18-21(11-14)33(31,32)28(23(18)30)17-6-7-17/h1-5,8-12,17H,6-7,13H2. The number of halogens is 2. The van der Waals surface area contributed by atoms with Crippen LogP contribution in [0.4, 0.5) is 14.5 Å². The maximum absolute atomic E-state index is 14.6. The van der Waals surface area contributed by atoms with E-state index in [1.54, 1.807) is 18.2 Å². The molecule has 0 N–H and O–H groups in total. The van der Waals surface area contributed by atoms with E-state index in [9.17, 15) is 26.8 Å². The average Bonchev–Trinajstić information content (AvgIpc) is 3.59. The third-order valence-corrected chi connectivity index (χ3v) is 7.44. The molecule has 10 heteroatoms. The van der Waals surface area contributed by atoms with Crippen molar-refractivity contribution in [3.8, 4) is 0 Å². The molecule has 33 heavy (non-hydrogen) atoms. The second-order valence-electron chi connectivity index (χ2n) is 7.86. The first-order chi connectivity index (χ1) is 15.8. The number of aromatic nitrogens is 1. The summed E-state index contributed by atoms with van der Waals surface area (Å²) in [5.41, 5.74) is 0.203. The highest BCUT2D eigenvalue weighted by Crippen LogP contribution is 2.40. The smallest absolute Gasteiger partial charge is 0.269 e. The van der Waals surface area contributed by atoms with E-state index in [2.05, 4.69) is 4.98 Å². The summed E-state index contributed by atoms with van der Waals surface area (Å²) in [6, 6.07) is 11.2. The Morgan fingerprint density at radius 2 is 1.88 bits per heavy atom. The van der Waals surface area contributed by atoms with Crippen molar-refractivity contribution in [2.75, 3.05) is 4.90 Å². The number of fused-ring (bicyclic) bond motifs is 1. The molecule has 3 aromatic rings. The molecule has 1 aliphatic carbocycles. The summed E-state index contributed by atoms with van der Waals surface area (Å²) in [6.07, 6.45) is 2.72. The van der Waals surface area contributed by atoms with Gasteiger partial charge in [-0.25, -0.2) is 21.5 Å². The van der Waals surface area contributed by atoms with Crippen molar-refractivity contribution < 1.29 is 26.8 Å². The molecule has 2 aliphatic rings. The number of hydrogen-bond acceptors (Lipinski definition) is 5. The van der Waals surface area contributed by atoms with Crippen LogP contribution in [0.1, 0.15) is 39.3 Å². The van der Waals surface area contributed by atoms with Crippen molar-refractivity contribution in [2.24, 2.45) is 0 Å². The number of rotatable bonds is 5. The van der Waals surface area contributed by atoms with Gasteiger partial charge in [0, 0.05) is 23.9 Å². The zero-order chi connectivity index (χ0) is 23.3. The molecule has 7 nitrogen and oxygen atoms in total. The first kappa shape index (κ1) is 21.2. The summed E-state index contributed by atoms with van der Waals surface area (Å²) in [4.78, 5) is 31.0. The topological polar surface area (TPSA) is 87.7 Å². The Kier molecular flexibility index (Phi) is 4.97. The second-order valence-corrected chi connectivity index (χ2v) is 9.64. The molecule has 5 rings (SSSR count). The normalized spacial score (nSPS) is 16.5. The first-order valence-corrected chi connectivity index (χ1v) is 11.6. The molecular weight excluding hydrogens is 452 g/mol. The Morgan fingerprint density at radius 3 is 2.55 bits per heavy atom. The Hall–Kier alpha value is -3.66. The van der Waals surface area contributed by atoms with Gasteiger partial charge in [0.15, 0.2) is 0 Å². The van der Waals surface area contributed by atoms with Crippen molar-refractivity contribution >= 4 is 27.5 Å². The van der Waals surface area contributed by atoms with Crippen molar-refractivity contribution in [3.05, 3.63) is 89.2 Å². The van der Waals surface area contributed by atoms with E-state index in [1.165, 1.54) is 18.3 Å². The van der Waals surface area contributed by atoms with Gasteiger partial charge in [-0.3, -0.25) is 19.5 Å². The van der Waals surface area contributed by atoms with Crippen molar-refractivity contribution in [2.45, 2.75) is 30.3 Å². The molecule has 1 fully saturated rings. The molecule has 1 aromatic heterocycles. The molecule has 2 aromatic carbocycles. The largest absolute Gasteiger partial charge is 0.299 e. The van der Waals surface area contributed by atoms with E-state index in [-0.39, 0.29) is 34.3 Å². The fourth-order valence-corrected chi connectivity index (χ4v) is 5.67. The van der Waals surface area contributed by atoms with Gasteiger partial charge in [0.25, 0.3) is 21.8 Å². The summed E-state index contributed by atoms with van der Waals surface area (Å²) >= 11 is 0. The molecule has 0 saturated heterocycles. The molecule has 0 spiro atoms. The van der Waals surface area contributed by atoms with Crippen LogP contribution in [0.5, 0.6) is 0 Å². The highest BCUT2D eigenvalue weighted by atomic mass is 32.2. The molecule has 0 bridgehead atoms. The van der Waals surface area contributed by atoms with Gasteiger partial charge in [-0.15, -0.1) is 0 Å². The van der Waals surface area contributed by atoms with Crippen LogP contribution in [0.3, 0.4) is 0 Å². The van der Waals surface area contributed by atoms with Crippen molar-refractivity contribution in [1.82, 2.24) is 9.29 Å². The monoisotopic (exact) mass is 469 g/mol. The number of carbonyl (C=O) groups excluding carboxylic acids is 2. The molecule has 1 aliphatic heterocycles. The molecule has 0 atom stereocenters. The third-order valence-electron chi connectivity index (χ3n) is 5.57. The zero-order valence-electron chi connectivity index (χ0n) is 17.1. The summed E-state index contributed by atoms with van der Waals surface area (Å²) < 4.78 is 54.9. The highest BCUT2D eigenvalue weighted by molar-refractivity contribution is 7.90.